The molecule has 0 bridgehead atoms. The maximum atomic E-state index is 6.20. The highest BCUT2D eigenvalue weighted by molar-refractivity contribution is 7.25. The van der Waals surface area contributed by atoms with Crippen molar-refractivity contribution in [2.24, 2.45) is 0 Å². The maximum absolute atomic E-state index is 6.20. The first kappa shape index (κ1) is 31.8. The Kier molecular flexibility index (Phi) is 7.53. The van der Waals surface area contributed by atoms with E-state index in [1.165, 1.54) is 58.9 Å². The Bertz CT molecular complexity index is 3180. The Balaban J connectivity index is 1.14. The average Bonchev–Trinajstić information content (AvgIpc) is 3.82. The SMILES string of the molecule is C1=CCCC(c2ccc(-c3ccc4ccccc4c3)cc2N(c2cccc(-c3ccc4oc5ccccc5c4c3)c2)c2ccc3sc4ccccc4c3c2)=C1. The molecule has 8 aromatic carbocycles. The molecule has 0 fully saturated rings. The normalized spacial score (nSPS) is 13.0. The first-order valence-corrected chi connectivity index (χ1v) is 19.8. The van der Waals surface area contributed by atoms with Gasteiger partial charge >= 0.3 is 0 Å². The standard InChI is InChI=1S/C52H35NOS/c1-2-12-35(13-3-1)43-26-23-40(38-22-21-34-11-4-5-14-36(34)29-38)32-48(43)53(42-25-28-52-47(33-42)45-18-7-9-20-51(45)55-52)41-16-10-15-37(30-41)39-24-27-50-46(31-39)44-17-6-8-19-49(44)54-50/h1-2,4-12,14-33H,3,13H2. The summed E-state index contributed by atoms with van der Waals surface area (Å²) in [6.45, 7) is 0. The zero-order chi connectivity index (χ0) is 36.3. The summed E-state index contributed by atoms with van der Waals surface area (Å²) >= 11 is 1.86. The third-order valence-corrected chi connectivity index (χ3v) is 12.3. The van der Waals surface area contributed by atoms with Gasteiger partial charge in [0.05, 0.1) is 5.69 Å². The highest BCUT2D eigenvalue weighted by atomic mass is 32.1. The predicted octanol–water partition coefficient (Wildman–Crippen LogP) is 15.6. The monoisotopic (exact) mass is 721 g/mol. The summed E-state index contributed by atoms with van der Waals surface area (Å²) in [5.74, 6) is 0. The van der Waals surface area contributed by atoms with E-state index < -0.39 is 0 Å². The lowest BCUT2D eigenvalue weighted by Gasteiger charge is -2.30. The molecule has 0 unspecified atom stereocenters. The van der Waals surface area contributed by atoms with Crippen LogP contribution in [0.3, 0.4) is 0 Å². The fourth-order valence-corrected chi connectivity index (χ4v) is 9.46. The average molecular weight is 722 g/mol. The van der Waals surface area contributed by atoms with Gasteiger partial charge in [-0.2, -0.15) is 0 Å². The Labute approximate surface area is 323 Å². The van der Waals surface area contributed by atoms with E-state index in [4.69, 9.17) is 4.42 Å². The minimum Gasteiger partial charge on any atom is -0.456 e. The smallest absolute Gasteiger partial charge is 0.135 e. The van der Waals surface area contributed by atoms with Gasteiger partial charge in [0.1, 0.15) is 11.2 Å². The second-order valence-electron chi connectivity index (χ2n) is 14.4. The molecule has 0 spiro atoms. The van der Waals surface area contributed by atoms with Gasteiger partial charge in [0, 0.05) is 47.9 Å². The maximum Gasteiger partial charge on any atom is 0.135 e. The molecule has 1 aliphatic carbocycles. The van der Waals surface area contributed by atoms with Crippen LogP contribution in [-0.4, -0.2) is 0 Å². The van der Waals surface area contributed by atoms with Crippen molar-refractivity contribution in [3.05, 3.63) is 194 Å². The molecule has 0 amide bonds. The lowest BCUT2D eigenvalue weighted by molar-refractivity contribution is 0.669. The first-order chi connectivity index (χ1) is 27.2. The minimum atomic E-state index is 0.906. The zero-order valence-corrected chi connectivity index (χ0v) is 30.9. The summed E-state index contributed by atoms with van der Waals surface area (Å²) in [6, 6.07) is 62.2. The van der Waals surface area contributed by atoms with Gasteiger partial charge in [-0.25, -0.2) is 0 Å². The molecule has 2 aromatic heterocycles. The molecule has 2 nitrogen and oxygen atoms in total. The zero-order valence-electron chi connectivity index (χ0n) is 30.1. The van der Waals surface area contributed by atoms with Crippen molar-refractivity contribution in [2.75, 3.05) is 4.90 Å². The number of fused-ring (bicyclic) bond motifs is 7. The van der Waals surface area contributed by atoms with Crippen LogP contribution in [0, 0.1) is 0 Å². The first-order valence-electron chi connectivity index (χ1n) is 19.0. The molecular formula is C52H35NOS. The Morgan fingerprint density at radius 3 is 2.13 bits per heavy atom. The van der Waals surface area contributed by atoms with E-state index in [1.807, 2.05) is 23.5 Å². The van der Waals surface area contributed by atoms with Crippen molar-refractivity contribution in [1.29, 1.82) is 0 Å². The van der Waals surface area contributed by atoms with Crippen LogP contribution in [0.2, 0.25) is 0 Å². The van der Waals surface area contributed by atoms with Crippen LogP contribution < -0.4 is 4.90 Å². The number of nitrogens with zero attached hydrogens (tertiary/aromatic N) is 1. The van der Waals surface area contributed by atoms with Crippen molar-refractivity contribution in [2.45, 2.75) is 12.8 Å². The fraction of sp³-hybridized carbons (Fsp3) is 0.0385. The van der Waals surface area contributed by atoms with Gasteiger partial charge in [0.15, 0.2) is 0 Å². The molecule has 0 atom stereocenters. The quantitative estimate of drug-likeness (QED) is 0.170. The molecule has 2 heterocycles. The topological polar surface area (TPSA) is 16.4 Å². The second kappa shape index (κ2) is 13.0. The fourth-order valence-electron chi connectivity index (χ4n) is 8.37. The molecule has 0 N–H and O–H groups in total. The van der Waals surface area contributed by atoms with E-state index in [9.17, 15) is 0 Å². The third kappa shape index (κ3) is 5.55. The van der Waals surface area contributed by atoms with Crippen LogP contribution in [-0.2, 0) is 0 Å². The highest BCUT2D eigenvalue weighted by Crippen LogP contribution is 2.46. The number of allylic oxidation sites excluding steroid dienone is 4. The van der Waals surface area contributed by atoms with E-state index in [0.717, 1.165) is 57.3 Å². The number of para-hydroxylation sites is 1. The number of benzene rings is 8. The molecule has 11 rings (SSSR count). The highest BCUT2D eigenvalue weighted by Gasteiger charge is 2.22. The lowest BCUT2D eigenvalue weighted by atomic mass is 9.92. The predicted molar refractivity (Wildman–Crippen MR) is 236 cm³/mol. The molecule has 3 heteroatoms. The molecule has 0 aliphatic heterocycles. The summed E-state index contributed by atoms with van der Waals surface area (Å²) in [5, 5.41) is 7.34. The van der Waals surface area contributed by atoms with Gasteiger partial charge in [-0.1, -0.05) is 121 Å². The van der Waals surface area contributed by atoms with Crippen molar-refractivity contribution in [1.82, 2.24) is 0 Å². The number of thiophene rings is 1. The molecular weight excluding hydrogens is 687 g/mol. The molecule has 260 valence electrons. The van der Waals surface area contributed by atoms with Gasteiger partial charge in [-0.3, -0.25) is 0 Å². The van der Waals surface area contributed by atoms with Crippen LogP contribution in [0.4, 0.5) is 17.1 Å². The van der Waals surface area contributed by atoms with E-state index in [2.05, 4.69) is 181 Å². The van der Waals surface area contributed by atoms with Gasteiger partial charge < -0.3 is 9.32 Å². The number of hydrogen-bond acceptors (Lipinski definition) is 3. The molecule has 55 heavy (non-hydrogen) atoms. The number of rotatable bonds is 6. The van der Waals surface area contributed by atoms with E-state index >= 15 is 0 Å². The number of furan rings is 1. The molecule has 1 aliphatic rings. The van der Waals surface area contributed by atoms with Gasteiger partial charge in [-0.15, -0.1) is 11.3 Å². The number of anilines is 3. The summed E-state index contributed by atoms with van der Waals surface area (Å²) in [4.78, 5) is 2.49. The molecule has 0 saturated heterocycles. The Hall–Kier alpha value is -6.68. The Morgan fingerprint density at radius 2 is 1.20 bits per heavy atom. The van der Waals surface area contributed by atoms with Gasteiger partial charge in [0.25, 0.3) is 0 Å². The number of hydrogen-bond donors (Lipinski definition) is 0. The summed E-state index contributed by atoms with van der Waals surface area (Å²) < 4.78 is 8.81. The van der Waals surface area contributed by atoms with E-state index in [0.29, 0.717) is 0 Å². The van der Waals surface area contributed by atoms with Crippen molar-refractivity contribution < 1.29 is 4.42 Å². The van der Waals surface area contributed by atoms with Crippen molar-refractivity contribution in [3.8, 4) is 22.3 Å². The minimum absolute atomic E-state index is 0.906. The van der Waals surface area contributed by atoms with Crippen LogP contribution in [0.15, 0.2) is 193 Å². The summed E-state index contributed by atoms with van der Waals surface area (Å²) in [7, 11) is 0. The van der Waals surface area contributed by atoms with Crippen LogP contribution >= 0.6 is 11.3 Å². The summed E-state index contributed by atoms with van der Waals surface area (Å²) in [5.41, 5.74) is 12.5. The lowest BCUT2D eigenvalue weighted by Crippen LogP contribution is -2.13. The Morgan fingerprint density at radius 1 is 0.473 bits per heavy atom. The third-order valence-electron chi connectivity index (χ3n) is 11.1. The molecule has 10 aromatic rings. The van der Waals surface area contributed by atoms with Crippen LogP contribution in [0.1, 0.15) is 18.4 Å². The van der Waals surface area contributed by atoms with Gasteiger partial charge in [-0.05, 0) is 118 Å². The van der Waals surface area contributed by atoms with E-state index in [-0.39, 0.29) is 0 Å². The summed E-state index contributed by atoms with van der Waals surface area (Å²) in [6.07, 6.45) is 8.81. The van der Waals surface area contributed by atoms with E-state index in [1.54, 1.807) is 0 Å². The second-order valence-corrected chi connectivity index (χ2v) is 15.5. The molecule has 0 radical (unpaired) electrons. The van der Waals surface area contributed by atoms with Crippen molar-refractivity contribution >= 4 is 86.9 Å². The van der Waals surface area contributed by atoms with Crippen LogP contribution in [0.5, 0.6) is 0 Å². The molecule has 0 saturated carbocycles. The van der Waals surface area contributed by atoms with Crippen molar-refractivity contribution in [3.63, 3.8) is 0 Å². The van der Waals surface area contributed by atoms with Gasteiger partial charge in [0.2, 0.25) is 0 Å². The largest absolute Gasteiger partial charge is 0.456 e. The van der Waals surface area contributed by atoms with Crippen LogP contribution in [0.25, 0.3) is 80.7 Å².